The largest absolute Gasteiger partial charge is 0.491 e. The van der Waals surface area contributed by atoms with Crippen molar-refractivity contribution in [3.05, 3.63) is 54.4 Å². The van der Waals surface area contributed by atoms with Gasteiger partial charge in [-0.05, 0) is 36.4 Å². The molecule has 2 aromatic rings. The first-order chi connectivity index (χ1) is 9.62. The van der Waals surface area contributed by atoms with Gasteiger partial charge in [-0.2, -0.15) is 5.26 Å². The molecule has 0 radical (unpaired) electrons. The number of nitrogens with zero attached hydrogens (tertiary/aromatic N) is 2. The van der Waals surface area contributed by atoms with Gasteiger partial charge in [0.2, 0.25) is 0 Å². The quantitative estimate of drug-likeness (QED) is 0.838. The Bertz CT molecular complexity index is 704. The van der Waals surface area contributed by atoms with Crippen molar-refractivity contribution in [3.63, 3.8) is 0 Å². The number of aromatic nitrogens is 1. The van der Waals surface area contributed by atoms with Crippen LogP contribution < -0.4 is 4.74 Å². The maximum Gasteiger partial charge on any atom is 0.181 e. The van der Waals surface area contributed by atoms with Gasteiger partial charge < -0.3 is 4.74 Å². The highest BCUT2D eigenvalue weighted by molar-refractivity contribution is 7.91. The van der Waals surface area contributed by atoms with Gasteiger partial charge in [0.25, 0.3) is 0 Å². The highest BCUT2D eigenvalue weighted by Crippen LogP contribution is 2.13. The van der Waals surface area contributed by atoms with Gasteiger partial charge in [-0.25, -0.2) is 8.42 Å². The fourth-order valence-corrected chi connectivity index (χ4v) is 2.65. The molecule has 2 rings (SSSR count). The van der Waals surface area contributed by atoms with E-state index in [4.69, 9.17) is 10.00 Å². The summed E-state index contributed by atoms with van der Waals surface area (Å²) in [5.41, 5.74) is 0.426. The van der Waals surface area contributed by atoms with Crippen molar-refractivity contribution in [3.8, 4) is 11.8 Å². The van der Waals surface area contributed by atoms with E-state index in [9.17, 15) is 8.42 Å². The van der Waals surface area contributed by atoms with Gasteiger partial charge in [0.1, 0.15) is 12.4 Å². The van der Waals surface area contributed by atoms with Crippen molar-refractivity contribution in [2.24, 2.45) is 0 Å². The molecule has 5 nitrogen and oxygen atoms in total. The lowest BCUT2D eigenvalue weighted by molar-refractivity contribution is 0.339. The predicted molar refractivity (Wildman–Crippen MR) is 72.9 cm³/mol. The molecule has 102 valence electrons. The Morgan fingerprint density at radius 2 is 1.95 bits per heavy atom. The first kappa shape index (κ1) is 14.0. The summed E-state index contributed by atoms with van der Waals surface area (Å²) in [6.07, 6.45) is 3.13. The lowest BCUT2D eigenvalue weighted by atomic mass is 10.2. The Hall–Kier alpha value is -2.39. The number of hydrogen-bond donors (Lipinski definition) is 0. The van der Waals surface area contributed by atoms with E-state index in [1.54, 1.807) is 18.3 Å². The molecule has 0 saturated carbocycles. The van der Waals surface area contributed by atoms with Crippen LogP contribution in [0.25, 0.3) is 0 Å². The van der Waals surface area contributed by atoms with Crippen molar-refractivity contribution >= 4 is 9.84 Å². The van der Waals surface area contributed by atoms with Crippen molar-refractivity contribution in [2.45, 2.75) is 4.90 Å². The van der Waals surface area contributed by atoms with Crippen LogP contribution in [0.4, 0.5) is 0 Å². The number of nitriles is 1. The third-order valence-corrected chi connectivity index (χ3v) is 4.29. The summed E-state index contributed by atoms with van der Waals surface area (Å²) < 4.78 is 29.4. The maximum absolute atomic E-state index is 12.0. The summed E-state index contributed by atoms with van der Waals surface area (Å²) in [6.45, 7) is 0.0496. The summed E-state index contributed by atoms with van der Waals surface area (Å²) in [7, 11) is -3.41. The minimum Gasteiger partial charge on any atom is -0.491 e. The number of hydrogen-bond acceptors (Lipinski definition) is 5. The molecule has 1 heterocycles. The van der Waals surface area contributed by atoms with Crippen LogP contribution in [0.3, 0.4) is 0 Å². The van der Waals surface area contributed by atoms with Crippen LogP contribution in [0.15, 0.2) is 53.7 Å². The zero-order valence-electron chi connectivity index (χ0n) is 10.6. The molecule has 0 unspecified atom stereocenters. The van der Waals surface area contributed by atoms with Gasteiger partial charge in [-0.15, -0.1) is 0 Å². The Balaban J connectivity index is 1.99. The molecule has 0 aliphatic rings. The molecule has 6 heteroatoms. The Kier molecular flexibility index (Phi) is 4.33. The number of sulfone groups is 1. The summed E-state index contributed by atoms with van der Waals surface area (Å²) in [5, 5.41) is 8.67. The van der Waals surface area contributed by atoms with Crippen LogP contribution in [0.2, 0.25) is 0 Å². The third kappa shape index (κ3) is 3.56. The second-order valence-electron chi connectivity index (χ2n) is 3.99. The van der Waals surface area contributed by atoms with Crippen LogP contribution in [0, 0.1) is 11.3 Å². The number of ether oxygens (including phenoxy) is 1. The van der Waals surface area contributed by atoms with Crippen molar-refractivity contribution in [2.75, 3.05) is 12.4 Å². The van der Waals surface area contributed by atoms with E-state index in [0.29, 0.717) is 11.3 Å². The number of rotatable bonds is 5. The van der Waals surface area contributed by atoms with Gasteiger partial charge in [0.05, 0.1) is 28.5 Å². The highest BCUT2D eigenvalue weighted by atomic mass is 32.2. The second-order valence-corrected chi connectivity index (χ2v) is 6.10. The molecular formula is C14H12N2O3S. The van der Waals surface area contributed by atoms with Gasteiger partial charge in [0.15, 0.2) is 9.84 Å². The molecule has 1 aromatic carbocycles. The fraction of sp³-hybridized carbons (Fsp3) is 0.143. The van der Waals surface area contributed by atoms with Crippen molar-refractivity contribution < 1.29 is 13.2 Å². The minimum absolute atomic E-state index is 0.0496. The van der Waals surface area contributed by atoms with E-state index in [-0.39, 0.29) is 17.3 Å². The normalized spacial score (nSPS) is 10.8. The van der Waals surface area contributed by atoms with Crippen LogP contribution in [-0.2, 0) is 9.84 Å². The molecule has 0 fully saturated rings. The van der Waals surface area contributed by atoms with Gasteiger partial charge >= 0.3 is 0 Å². The molecule has 1 aromatic heterocycles. The zero-order valence-corrected chi connectivity index (χ0v) is 11.4. The first-order valence-electron chi connectivity index (χ1n) is 5.87. The zero-order chi connectivity index (χ0) is 14.4. The Morgan fingerprint density at radius 1 is 1.20 bits per heavy atom. The number of benzene rings is 1. The van der Waals surface area contributed by atoms with E-state index < -0.39 is 9.84 Å². The summed E-state index contributed by atoms with van der Waals surface area (Å²) >= 11 is 0. The molecule has 0 N–H and O–H groups in total. The lowest BCUT2D eigenvalue weighted by Crippen LogP contribution is -2.14. The monoisotopic (exact) mass is 288 g/mol. The van der Waals surface area contributed by atoms with Crippen LogP contribution in [0.1, 0.15) is 5.56 Å². The predicted octanol–water partition coefficient (Wildman–Crippen LogP) is 1.81. The molecule has 0 aliphatic carbocycles. The van der Waals surface area contributed by atoms with Gasteiger partial charge in [0, 0.05) is 6.20 Å². The van der Waals surface area contributed by atoms with Crippen molar-refractivity contribution in [1.82, 2.24) is 4.98 Å². The van der Waals surface area contributed by atoms with E-state index in [0.717, 1.165) is 0 Å². The molecular weight excluding hydrogens is 276 g/mol. The first-order valence-corrected chi connectivity index (χ1v) is 7.53. The van der Waals surface area contributed by atoms with Crippen LogP contribution in [-0.4, -0.2) is 25.8 Å². The smallest absolute Gasteiger partial charge is 0.181 e. The summed E-state index contributed by atoms with van der Waals surface area (Å²) in [4.78, 5) is 4.06. The molecule has 0 atom stereocenters. The SMILES string of the molecule is N#Cc1ccc(S(=O)(=O)CCOc2cccnc2)cc1. The summed E-state index contributed by atoms with van der Waals surface area (Å²) in [6, 6.07) is 11.2. The number of pyridine rings is 1. The molecule has 0 amide bonds. The van der Waals surface area contributed by atoms with E-state index >= 15 is 0 Å². The van der Waals surface area contributed by atoms with Gasteiger partial charge in [-0.3, -0.25) is 4.98 Å². The van der Waals surface area contributed by atoms with Crippen LogP contribution in [0.5, 0.6) is 5.75 Å². The Morgan fingerprint density at radius 3 is 2.55 bits per heavy atom. The topological polar surface area (TPSA) is 80.0 Å². The van der Waals surface area contributed by atoms with E-state index in [1.165, 1.54) is 30.5 Å². The van der Waals surface area contributed by atoms with Gasteiger partial charge in [-0.1, -0.05) is 0 Å². The summed E-state index contributed by atoms with van der Waals surface area (Å²) in [5.74, 6) is 0.399. The molecule has 0 saturated heterocycles. The standard InChI is InChI=1S/C14H12N2O3S/c15-10-12-3-5-14(6-4-12)20(17,18)9-8-19-13-2-1-7-16-11-13/h1-7,11H,8-9H2. The average molecular weight is 288 g/mol. The van der Waals surface area contributed by atoms with Crippen LogP contribution >= 0.6 is 0 Å². The van der Waals surface area contributed by atoms with E-state index in [2.05, 4.69) is 4.98 Å². The maximum atomic E-state index is 12.0. The molecule has 0 bridgehead atoms. The third-order valence-electron chi connectivity index (χ3n) is 2.60. The molecule has 0 spiro atoms. The van der Waals surface area contributed by atoms with Crippen molar-refractivity contribution in [1.29, 1.82) is 5.26 Å². The lowest BCUT2D eigenvalue weighted by Gasteiger charge is -2.06. The highest BCUT2D eigenvalue weighted by Gasteiger charge is 2.14. The molecule has 0 aliphatic heterocycles. The minimum atomic E-state index is -3.41. The fourth-order valence-electron chi connectivity index (χ4n) is 1.56. The Labute approximate surface area is 117 Å². The average Bonchev–Trinajstić information content (AvgIpc) is 2.48. The van der Waals surface area contributed by atoms with E-state index in [1.807, 2.05) is 6.07 Å². The second kappa shape index (κ2) is 6.17. The molecule has 20 heavy (non-hydrogen) atoms.